The first kappa shape index (κ1) is 16.7. The van der Waals surface area contributed by atoms with Crippen molar-refractivity contribution in [2.45, 2.75) is 57.8 Å². The molecule has 2 saturated carbocycles. The lowest BCUT2D eigenvalue weighted by Gasteiger charge is -2.50. The Hall–Kier alpha value is -1.71. The van der Waals surface area contributed by atoms with Gasteiger partial charge >= 0.3 is 5.97 Å². The second kappa shape index (κ2) is 5.93. The fraction of sp³-hybridized carbons (Fsp3) is 0.619. The standard InChI is InChI=1S/C21H25FO3/c1-21-10-9-14-13-3-2-4-17(22)15(13)6-7-16(14)20(21)12(11-18(21)23)5-8-19(24)25/h2-4,12,14,16,20H,5-11H2,1H3,(H,24,25)/t12-,14?,16?,20?,21-/m1/s1. The summed E-state index contributed by atoms with van der Waals surface area (Å²) in [4.78, 5) is 23.8. The van der Waals surface area contributed by atoms with Crippen molar-refractivity contribution in [2.24, 2.45) is 23.2 Å². The van der Waals surface area contributed by atoms with Crippen molar-refractivity contribution in [3.05, 3.63) is 35.1 Å². The molecule has 5 atom stereocenters. The molecule has 0 heterocycles. The normalized spacial score (nSPS) is 36.5. The van der Waals surface area contributed by atoms with Gasteiger partial charge in [0.2, 0.25) is 0 Å². The fourth-order valence-electron chi connectivity index (χ4n) is 6.21. The molecule has 0 radical (unpaired) electrons. The first-order valence-electron chi connectivity index (χ1n) is 9.44. The lowest BCUT2D eigenvalue weighted by atomic mass is 9.54. The monoisotopic (exact) mass is 344 g/mol. The molecular weight excluding hydrogens is 319 g/mol. The number of Topliss-reactive ketones (excluding diaryl/α,β-unsaturated/α-hetero) is 1. The van der Waals surface area contributed by atoms with Gasteiger partial charge in [-0.2, -0.15) is 0 Å². The number of ketones is 1. The summed E-state index contributed by atoms with van der Waals surface area (Å²) in [6, 6.07) is 5.40. The van der Waals surface area contributed by atoms with Gasteiger partial charge in [-0.05, 0) is 73.0 Å². The molecule has 134 valence electrons. The Morgan fingerprint density at radius 3 is 2.92 bits per heavy atom. The molecule has 4 rings (SSSR count). The summed E-state index contributed by atoms with van der Waals surface area (Å²) < 4.78 is 14.2. The van der Waals surface area contributed by atoms with E-state index in [0.29, 0.717) is 30.5 Å². The van der Waals surface area contributed by atoms with Crippen LogP contribution in [0.5, 0.6) is 0 Å². The highest BCUT2D eigenvalue weighted by atomic mass is 19.1. The molecule has 3 aliphatic carbocycles. The summed E-state index contributed by atoms with van der Waals surface area (Å²) in [6.07, 6.45) is 4.66. The molecular formula is C21H25FO3. The number of benzene rings is 1. The van der Waals surface area contributed by atoms with Gasteiger partial charge in [-0.1, -0.05) is 19.1 Å². The highest BCUT2D eigenvalue weighted by Crippen LogP contribution is 2.62. The van der Waals surface area contributed by atoms with Gasteiger partial charge in [0.15, 0.2) is 0 Å². The Labute approximate surface area is 147 Å². The maximum Gasteiger partial charge on any atom is 0.303 e. The number of aliphatic carboxylic acids is 1. The Morgan fingerprint density at radius 2 is 2.16 bits per heavy atom. The third-order valence-corrected chi connectivity index (χ3v) is 7.29. The number of halogens is 1. The number of hydrogen-bond donors (Lipinski definition) is 1. The molecule has 1 aromatic carbocycles. The van der Waals surface area contributed by atoms with E-state index in [1.165, 1.54) is 0 Å². The molecule has 3 unspecified atom stereocenters. The van der Waals surface area contributed by atoms with Gasteiger partial charge < -0.3 is 5.11 Å². The number of hydrogen-bond acceptors (Lipinski definition) is 2. The van der Waals surface area contributed by atoms with E-state index in [2.05, 4.69) is 13.0 Å². The van der Waals surface area contributed by atoms with E-state index >= 15 is 0 Å². The molecule has 0 amide bonds. The van der Waals surface area contributed by atoms with Crippen LogP contribution in [0.15, 0.2) is 18.2 Å². The zero-order valence-corrected chi connectivity index (χ0v) is 14.6. The predicted octanol–water partition coefficient (Wildman–Crippen LogP) is 4.34. The summed E-state index contributed by atoms with van der Waals surface area (Å²) in [5, 5.41) is 9.07. The van der Waals surface area contributed by atoms with Crippen molar-refractivity contribution in [3.8, 4) is 0 Å². The van der Waals surface area contributed by atoms with Crippen LogP contribution < -0.4 is 0 Å². The highest BCUT2D eigenvalue weighted by Gasteiger charge is 2.58. The van der Waals surface area contributed by atoms with Gasteiger partial charge in [0.25, 0.3) is 0 Å². The second-order valence-electron chi connectivity index (χ2n) is 8.42. The zero-order chi connectivity index (χ0) is 17.8. The maximum absolute atomic E-state index is 14.2. The molecule has 25 heavy (non-hydrogen) atoms. The van der Waals surface area contributed by atoms with Crippen LogP contribution >= 0.6 is 0 Å². The number of carbonyl (C=O) groups excluding carboxylic acids is 1. The summed E-state index contributed by atoms with van der Waals surface area (Å²) in [5.41, 5.74) is 1.68. The number of rotatable bonds is 3. The number of fused-ring (bicyclic) bond motifs is 5. The van der Waals surface area contributed by atoms with Gasteiger partial charge in [-0.15, -0.1) is 0 Å². The molecule has 0 aromatic heterocycles. The van der Waals surface area contributed by atoms with Gasteiger partial charge in [-0.3, -0.25) is 9.59 Å². The van der Waals surface area contributed by atoms with Crippen molar-refractivity contribution in [1.29, 1.82) is 0 Å². The minimum Gasteiger partial charge on any atom is -0.481 e. The van der Waals surface area contributed by atoms with Crippen LogP contribution in [0.25, 0.3) is 0 Å². The van der Waals surface area contributed by atoms with Crippen LogP contribution in [0.3, 0.4) is 0 Å². The molecule has 1 aromatic rings. The fourth-order valence-corrected chi connectivity index (χ4v) is 6.21. The van der Waals surface area contributed by atoms with Crippen LogP contribution in [0.1, 0.15) is 62.5 Å². The van der Waals surface area contributed by atoms with E-state index < -0.39 is 5.97 Å². The lowest BCUT2D eigenvalue weighted by Crippen LogP contribution is -2.44. The van der Waals surface area contributed by atoms with E-state index in [9.17, 15) is 14.0 Å². The van der Waals surface area contributed by atoms with Gasteiger partial charge in [0, 0.05) is 18.3 Å². The molecule has 4 heteroatoms. The zero-order valence-electron chi connectivity index (χ0n) is 14.6. The van der Waals surface area contributed by atoms with Crippen molar-refractivity contribution < 1.29 is 19.1 Å². The molecule has 0 spiro atoms. The van der Waals surface area contributed by atoms with Crippen molar-refractivity contribution in [3.63, 3.8) is 0 Å². The van der Waals surface area contributed by atoms with E-state index in [1.54, 1.807) is 12.1 Å². The van der Waals surface area contributed by atoms with E-state index in [0.717, 1.165) is 36.8 Å². The summed E-state index contributed by atoms with van der Waals surface area (Å²) in [6.45, 7) is 2.10. The van der Waals surface area contributed by atoms with Crippen LogP contribution in [0.4, 0.5) is 4.39 Å². The SMILES string of the molecule is C[C@]12CCC3c4cccc(F)c4CCC3C1[C@H](CCC(=O)O)CC2=O. The van der Waals surface area contributed by atoms with Crippen LogP contribution in [0.2, 0.25) is 0 Å². The lowest BCUT2D eigenvalue weighted by molar-refractivity contribution is -0.137. The van der Waals surface area contributed by atoms with Crippen LogP contribution in [-0.4, -0.2) is 16.9 Å². The number of carboxylic acids is 1. The number of carbonyl (C=O) groups is 2. The average molecular weight is 344 g/mol. The molecule has 0 saturated heterocycles. The highest BCUT2D eigenvalue weighted by molar-refractivity contribution is 5.87. The van der Waals surface area contributed by atoms with Crippen LogP contribution in [0, 0.1) is 29.0 Å². The Morgan fingerprint density at radius 1 is 1.36 bits per heavy atom. The molecule has 0 bridgehead atoms. The molecule has 0 aliphatic heterocycles. The Kier molecular flexibility index (Phi) is 3.97. The quantitative estimate of drug-likeness (QED) is 0.887. The van der Waals surface area contributed by atoms with Crippen LogP contribution in [-0.2, 0) is 16.0 Å². The predicted molar refractivity (Wildman–Crippen MR) is 91.8 cm³/mol. The largest absolute Gasteiger partial charge is 0.481 e. The minimum atomic E-state index is -0.788. The number of carboxylic acid groups (broad SMARTS) is 1. The van der Waals surface area contributed by atoms with Gasteiger partial charge in [0.1, 0.15) is 11.6 Å². The van der Waals surface area contributed by atoms with Crippen molar-refractivity contribution in [1.82, 2.24) is 0 Å². The minimum absolute atomic E-state index is 0.103. The second-order valence-corrected chi connectivity index (χ2v) is 8.42. The topological polar surface area (TPSA) is 54.4 Å². The summed E-state index contributed by atoms with van der Waals surface area (Å²) >= 11 is 0. The molecule has 1 N–H and O–H groups in total. The summed E-state index contributed by atoms with van der Waals surface area (Å²) in [5.74, 6) is 0.523. The third kappa shape index (κ3) is 2.52. The first-order chi connectivity index (χ1) is 11.9. The molecule has 3 aliphatic rings. The van der Waals surface area contributed by atoms with E-state index in [-0.39, 0.29) is 29.5 Å². The van der Waals surface area contributed by atoms with Gasteiger partial charge in [-0.25, -0.2) is 4.39 Å². The maximum atomic E-state index is 14.2. The van der Waals surface area contributed by atoms with E-state index in [4.69, 9.17) is 5.11 Å². The molecule has 2 fully saturated rings. The average Bonchev–Trinajstić information content (AvgIpc) is 2.84. The summed E-state index contributed by atoms with van der Waals surface area (Å²) in [7, 11) is 0. The third-order valence-electron chi connectivity index (χ3n) is 7.29. The van der Waals surface area contributed by atoms with Gasteiger partial charge in [0.05, 0.1) is 0 Å². The molecule has 3 nitrogen and oxygen atoms in total. The first-order valence-corrected chi connectivity index (χ1v) is 9.44. The van der Waals surface area contributed by atoms with Crippen molar-refractivity contribution >= 4 is 11.8 Å². The Balaban J connectivity index is 1.68. The Bertz CT molecular complexity index is 728. The van der Waals surface area contributed by atoms with Crippen molar-refractivity contribution in [2.75, 3.05) is 0 Å². The van der Waals surface area contributed by atoms with E-state index in [1.807, 2.05) is 0 Å². The smallest absolute Gasteiger partial charge is 0.303 e.